The van der Waals surface area contributed by atoms with Gasteiger partial charge in [0.05, 0.1) is 23.4 Å². The van der Waals surface area contributed by atoms with Gasteiger partial charge in [-0.2, -0.15) is 0 Å². The number of aromatic carboxylic acids is 1. The molecule has 0 amide bonds. The van der Waals surface area contributed by atoms with Crippen LogP contribution in [0.3, 0.4) is 0 Å². The summed E-state index contributed by atoms with van der Waals surface area (Å²) in [5, 5.41) is 18.1. The highest BCUT2D eigenvalue weighted by atomic mass is 32.2. The molecule has 20 heavy (non-hydrogen) atoms. The maximum Gasteiger partial charge on any atom is 0.335 e. The lowest BCUT2D eigenvalue weighted by Crippen LogP contribution is -2.48. The molecule has 0 bridgehead atoms. The van der Waals surface area contributed by atoms with E-state index in [2.05, 4.69) is 4.72 Å². The van der Waals surface area contributed by atoms with Crippen LogP contribution in [0.4, 0.5) is 5.69 Å². The summed E-state index contributed by atoms with van der Waals surface area (Å²) >= 11 is 0. The van der Waals surface area contributed by atoms with E-state index < -0.39 is 21.5 Å². The Morgan fingerprint density at radius 1 is 1.45 bits per heavy atom. The van der Waals surface area contributed by atoms with Gasteiger partial charge in [-0.3, -0.25) is 0 Å². The number of nitrogens with two attached hydrogens (primary N) is 1. The third kappa shape index (κ3) is 3.47. The summed E-state index contributed by atoms with van der Waals surface area (Å²) in [7, 11) is -3.94. The molecule has 0 aliphatic heterocycles. The van der Waals surface area contributed by atoms with E-state index in [0.717, 1.165) is 18.2 Å². The van der Waals surface area contributed by atoms with Crippen LogP contribution >= 0.6 is 0 Å². The van der Waals surface area contributed by atoms with Crippen molar-refractivity contribution in [2.24, 2.45) is 0 Å². The van der Waals surface area contributed by atoms with Gasteiger partial charge in [-0.15, -0.1) is 0 Å². The first-order valence-electron chi connectivity index (χ1n) is 5.93. The Hall–Kier alpha value is -1.64. The Bertz CT molecular complexity index is 608. The van der Waals surface area contributed by atoms with Crippen molar-refractivity contribution in [1.82, 2.24) is 4.72 Å². The van der Waals surface area contributed by atoms with E-state index in [1.165, 1.54) is 0 Å². The number of carboxylic acids is 1. The molecular weight excluding hydrogens is 284 g/mol. The molecule has 1 aromatic rings. The first-order valence-corrected chi connectivity index (χ1v) is 7.41. The fraction of sp³-hybridized carbons (Fsp3) is 0.417. The number of nitrogen functional groups attached to an aromatic ring is 1. The Labute approximate surface area is 117 Å². The van der Waals surface area contributed by atoms with Crippen LogP contribution in [0.1, 0.15) is 30.6 Å². The minimum Gasteiger partial charge on any atom is -0.478 e. The second-order valence-electron chi connectivity index (χ2n) is 4.74. The quantitative estimate of drug-likeness (QED) is 0.563. The number of nitrogens with one attached hydrogen (secondary N) is 1. The van der Waals surface area contributed by atoms with Crippen molar-refractivity contribution in [1.29, 1.82) is 0 Å². The number of carbonyl (C=O) groups is 1. The fourth-order valence-electron chi connectivity index (χ4n) is 1.52. The average Bonchev–Trinajstić information content (AvgIpc) is 2.37. The molecule has 1 aromatic carbocycles. The van der Waals surface area contributed by atoms with Crippen molar-refractivity contribution >= 4 is 21.7 Å². The van der Waals surface area contributed by atoms with Crippen molar-refractivity contribution in [3.63, 3.8) is 0 Å². The molecule has 112 valence electrons. The van der Waals surface area contributed by atoms with E-state index in [9.17, 15) is 18.3 Å². The highest BCUT2D eigenvalue weighted by Crippen LogP contribution is 2.22. The second-order valence-corrected chi connectivity index (χ2v) is 6.39. The minimum absolute atomic E-state index is 0.0955. The van der Waals surface area contributed by atoms with Crippen LogP contribution < -0.4 is 10.5 Å². The summed E-state index contributed by atoms with van der Waals surface area (Å²) < 4.78 is 26.8. The largest absolute Gasteiger partial charge is 0.478 e. The predicted octanol–water partition coefficient (Wildman–Crippen LogP) is 0.406. The molecule has 8 heteroatoms. The van der Waals surface area contributed by atoms with Crippen LogP contribution in [0.5, 0.6) is 0 Å². The normalized spacial score (nSPS) is 14.8. The summed E-state index contributed by atoms with van der Waals surface area (Å²) in [5.41, 5.74) is 4.34. The van der Waals surface area contributed by atoms with Gasteiger partial charge in [0.2, 0.25) is 10.0 Å². The Kier molecular flexibility index (Phi) is 4.74. The number of benzene rings is 1. The second kappa shape index (κ2) is 5.78. The standard InChI is InChI=1S/C12H18N2O5S/c1-3-12(2,7-15)14-20(18,19)10-5-4-8(11(16)17)6-9(10)13/h4-6,14-15H,3,7,13H2,1-2H3,(H,16,17). The number of sulfonamides is 1. The molecule has 0 spiro atoms. The van der Waals surface area contributed by atoms with Gasteiger partial charge in [0.1, 0.15) is 4.90 Å². The molecule has 0 fully saturated rings. The van der Waals surface area contributed by atoms with Crippen LogP contribution in [-0.4, -0.2) is 36.7 Å². The van der Waals surface area contributed by atoms with Gasteiger partial charge in [-0.25, -0.2) is 17.9 Å². The highest BCUT2D eigenvalue weighted by molar-refractivity contribution is 7.89. The molecule has 1 atom stereocenters. The van der Waals surface area contributed by atoms with Gasteiger partial charge >= 0.3 is 5.97 Å². The van der Waals surface area contributed by atoms with Gasteiger partial charge < -0.3 is 15.9 Å². The minimum atomic E-state index is -3.94. The smallest absolute Gasteiger partial charge is 0.335 e. The molecule has 0 saturated heterocycles. The van der Waals surface area contributed by atoms with E-state index in [0.29, 0.717) is 6.42 Å². The third-order valence-corrected chi connectivity index (χ3v) is 4.77. The van der Waals surface area contributed by atoms with Crippen molar-refractivity contribution in [3.05, 3.63) is 23.8 Å². The summed E-state index contributed by atoms with van der Waals surface area (Å²) in [6.45, 7) is 2.93. The number of rotatable bonds is 6. The molecule has 0 aliphatic rings. The van der Waals surface area contributed by atoms with E-state index in [1.54, 1.807) is 13.8 Å². The molecule has 0 saturated carbocycles. The van der Waals surface area contributed by atoms with Gasteiger partial charge in [0.25, 0.3) is 0 Å². The van der Waals surface area contributed by atoms with Crippen molar-refractivity contribution in [3.8, 4) is 0 Å². The van der Waals surface area contributed by atoms with Gasteiger partial charge in [-0.1, -0.05) is 6.92 Å². The zero-order valence-corrected chi connectivity index (χ0v) is 12.1. The number of aliphatic hydroxyl groups is 1. The Morgan fingerprint density at radius 3 is 2.45 bits per heavy atom. The van der Waals surface area contributed by atoms with Crippen molar-refractivity contribution in [2.45, 2.75) is 30.7 Å². The van der Waals surface area contributed by atoms with Crippen LogP contribution in [0.2, 0.25) is 0 Å². The van der Waals surface area contributed by atoms with Crippen molar-refractivity contribution in [2.75, 3.05) is 12.3 Å². The van der Waals surface area contributed by atoms with E-state index in [1.807, 2.05) is 0 Å². The molecule has 5 N–H and O–H groups in total. The van der Waals surface area contributed by atoms with Crippen molar-refractivity contribution < 1.29 is 23.4 Å². The molecule has 1 rings (SSSR count). The number of aliphatic hydroxyl groups excluding tert-OH is 1. The number of hydrogen-bond acceptors (Lipinski definition) is 5. The topological polar surface area (TPSA) is 130 Å². The maximum absolute atomic E-state index is 12.2. The van der Waals surface area contributed by atoms with Crippen LogP contribution in [-0.2, 0) is 10.0 Å². The lowest BCUT2D eigenvalue weighted by atomic mass is 10.0. The lowest BCUT2D eigenvalue weighted by molar-refractivity contribution is 0.0697. The molecule has 1 unspecified atom stereocenters. The third-order valence-electron chi connectivity index (χ3n) is 3.06. The number of anilines is 1. The molecule has 7 nitrogen and oxygen atoms in total. The number of hydrogen-bond donors (Lipinski definition) is 4. The lowest BCUT2D eigenvalue weighted by Gasteiger charge is -2.27. The van der Waals surface area contributed by atoms with E-state index >= 15 is 0 Å². The van der Waals surface area contributed by atoms with Gasteiger partial charge in [0.15, 0.2) is 0 Å². The van der Waals surface area contributed by atoms with Crippen LogP contribution in [0.15, 0.2) is 23.1 Å². The zero-order chi connectivity index (χ0) is 15.6. The fourth-order valence-corrected chi connectivity index (χ4v) is 3.11. The first kappa shape index (κ1) is 16.4. The summed E-state index contributed by atoms with van der Waals surface area (Å²) in [5.74, 6) is -1.19. The molecular formula is C12H18N2O5S. The maximum atomic E-state index is 12.2. The monoisotopic (exact) mass is 302 g/mol. The van der Waals surface area contributed by atoms with Crippen LogP contribution in [0, 0.1) is 0 Å². The Morgan fingerprint density at radius 2 is 2.05 bits per heavy atom. The highest BCUT2D eigenvalue weighted by Gasteiger charge is 2.29. The molecule has 0 aromatic heterocycles. The Balaban J connectivity index is 3.20. The summed E-state index contributed by atoms with van der Waals surface area (Å²) in [4.78, 5) is 10.6. The van der Waals surface area contributed by atoms with E-state index in [-0.39, 0.29) is 22.8 Å². The molecule has 0 radical (unpaired) electrons. The number of carboxylic acid groups (broad SMARTS) is 1. The average molecular weight is 302 g/mol. The first-order chi connectivity index (χ1) is 9.15. The molecule has 0 heterocycles. The van der Waals surface area contributed by atoms with E-state index in [4.69, 9.17) is 10.8 Å². The van der Waals surface area contributed by atoms with Gasteiger partial charge in [0, 0.05) is 0 Å². The molecule has 0 aliphatic carbocycles. The van der Waals surface area contributed by atoms with Crippen LogP contribution in [0.25, 0.3) is 0 Å². The predicted molar refractivity (Wildman–Crippen MR) is 73.9 cm³/mol. The zero-order valence-electron chi connectivity index (χ0n) is 11.3. The summed E-state index contributed by atoms with van der Waals surface area (Å²) in [6, 6.07) is 3.38. The SMILES string of the molecule is CCC(C)(CO)NS(=O)(=O)c1ccc(C(=O)O)cc1N. The summed E-state index contributed by atoms with van der Waals surface area (Å²) in [6.07, 6.45) is 0.385. The van der Waals surface area contributed by atoms with Gasteiger partial charge in [-0.05, 0) is 31.5 Å².